The molecule has 8 aromatic rings. The number of carbonyl (C=O) groups excluding carboxylic acids is 7. The SMILES string of the molecule is COc1cc(N2CCN(CCCCCOc3ccc([C@@H]4c5ccc(O)cc5CC[C@@H]4c4ccccc4)cc3)CC2)cc2c1C(=O)N(C1CCC(=O)NC1=O)C2.COc1cc(N2CCNCC2)cc2c1C(=O)N(C1CCC(=O)NC1=O)C2.O=CCCCCOc1ccc([C@@H]2c3ccc(O)cc3CC[C@@H]2c2ccccc2)cc1. The van der Waals surface area contributed by atoms with Crippen molar-refractivity contribution in [2.24, 2.45) is 0 Å². The molecule has 0 bridgehead atoms. The summed E-state index contributed by atoms with van der Waals surface area (Å²) in [6, 6.07) is 56.9. The van der Waals surface area contributed by atoms with Crippen LogP contribution in [0.25, 0.3) is 0 Å². The summed E-state index contributed by atoms with van der Waals surface area (Å²) in [5, 5.41) is 28.1. The largest absolute Gasteiger partial charge is 0.508 e. The lowest BCUT2D eigenvalue weighted by molar-refractivity contribution is -0.138. The molecule has 578 valence electrons. The van der Waals surface area contributed by atoms with E-state index in [-0.39, 0.29) is 48.3 Å². The molecule has 6 aliphatic heterocycles. The van der Waals surface area contributed by atoms with Gasteiger partial charge in [-0.05, 0) is 205 Å². The fourth-order valence-corrected chi connectivity index (χ4v) is 17.6. The number of fused-ring (bicyclic) bond motifs is 4. The number of unbranched alkanes of at least 4 members (excludes halogenated alkanes) is 4. The molecule has 6 heterocycles. The van der Waals surface area contributed by atoms with Gasteiger partial charge in [0.05, 0.1) is 38.6 Å². The van der Waals surface area contributed by atoms with Gasteiger partial charge in [-0.2, -0.15) is 0 Å². The van der Waals surface area contributed by atoms with Gasteiger partial charge in [0, 0.05) is 120 Å². The number of hydrogen-bond donors (Lipinski definition) is 5. The number of aldehydes is 1. The number of methoxy groups -OCH3 is 2. The average Bonchev–Trinajstić information content (AvgIpc) is 1.70. The number of piperazine rings is 2. The Hall–Kier alpha value is -11.0. The van der Waals surface area contributed by atoms with Crippen molar-refractivity contribution in [1.82, 2.24) is 30.7 Å². The second-order valence-corrected chi connectivity index (χ2v) is 30.1. The number of amides is 6. The lowest BCUT2D eigenvalue weighted by Crippen LogP contribution is -2.52. The highest BCUT2D eigenvalue weighted by Gasteiger charge is 2.44. The fourth-order valence-electron chi connectivity index (χ4n) is 17.6. The average molecular weight is 1500 g/mol. The first-order chi connectivity index (χ1) is 54.2. The minimum absolute atomic E-state index is 0.210. The number of piperidine rings is 2. The maximum absolute atomic E-state index is 13.4. The minimum Gasteiger partial charge on any atom is -0.508 e. The Morgan fingerprint density at radius 2 is 0.901 bits per heavy atom. The monoisotopic (exact) mass is 1500 g/mol. The van der Waals surface area contributed by atoms with Crippen molar-refractivity contribution in [1.29, 1.82) is 0 Å². The Bertz CT molecular complexity index is 4640. The molecular weight excluding hydrogens is 1400 g/mol. The molecule has 111 heavy (non-hydrogen) atoms. The second-order valence-electron chi connectivity index (χ2n) is 30.1. The molecule has 4 fully saturated rings. The molecule has 21 nitrogen and oxygen atoms in total. The number of aryl methyl sites for hydroxylation is 2. The van der Waals surface area contributed by atoms with Gasteiger partial charge in [0.25, 0.3) is 11.8 Å². The molecule has 6 amide bonds. The fraction of sp³-hybridized carbons (Fsp3) is 0.389. The van der Waals surface area contributed by atoms with Crippen molar-refractivity contribution < 1.29 is 62.7 Å². The highest BCUT2D eigenvalue weighted by molar-refractivity contribution is 6.08. The quantitative estimate of drug-likeness (QED) is 0.0227. The molecular formula is C90H100N8O13. The van der Waals surface area contributed by atoms with E-state index in [0.29, 0.717) is 91.5 Å². The maximum atomic E-state index is 13.4. The molecule has 21 heteroatoms. The Labute approximate surface area is 649 Å². The van der Waals surface area contributed by atoms with Gasteiger partial charge in [-0.3, -0.25) is 44.3 Å². The molecule has 2 unspecified atom stereocenters. The third kappa shape index (κ3) is 17.8. The third-order valence-corrected chi connectivity index (χ3v) is 23.3. The van der Waals surface area contributed by atoms with Crippen LogP contribution in [0.15, 0.2) is 170 Å². The van der Waals surface area contributed by atoms with E-state index in [0.717, 1.165) is 157 Å². The van der Waals surface area contributed by atoms with Crippen molar-refractivity contribution in [2.45, 2.75) is 139 Å². The lowest BCUT2D eigenvalue weighted by Gasteiger charge is -2.36. The number of nitrogens with zero attached hydrogens (tertiary/aromatic N) is 5. The van der Waals surface area contributed by atoms with E-state index in [4.69, 9.17) is 18.9 Å². The second kappa shape index (κ2) is 35.8. The van der Waals surface area contributed by atoms with Crippen LogP contribution in [0.1, 0.15) is 177 Å². The molecule has 8 aliphatic rings. The number of nitrogens with one attached hydrogen (secondary N) is 3. The number of anilines is 2. The van der Waals surface area contributed by atoms with Gasteiger partial charge < -0.3 is 58.9 Å². The summed E-state index contributed by atoms with van der Waals surface area (Å²) in [7, 11) is 3.13. The van der Waals surface area contributed by atoms with Crippen LogP contribution in [-0.2, 0) is 49.9 Å². The van der Waals surface area contributed by atoms with Crippen LogP contribution in [0.3, 0.4) is 0 Å². The molecule has 5 N–H and O–H groups in total. The standard InChI is InChI=1S/C45H50N4O6.C27H28O3.C18H22N4O4/c1-54-40-28-34(26-33-29-49(45(53)43(33)40)39-18-19-41(51)46-44(39)52)48-23-21-47(22-24-48)20-6-3-7-25-55-36-14-10-31(11-15-36)42-37(30-8-4-2-5-9-30)16-12-32-27-35(50)13-17-38(32)42;28-17-5-2-6-18-30-24-13-9-21(10-14-24)27-25(20-7-3-1-4-8-20)15-11-22-19-23(29)12-16-26(22)27;1-26-14-9-12(21-6-4-19-5-7-21)8-11-10-22(18(25)16(11)14)13-2-3-15(23)20-17(13)24/h2,4-5,8-11,13-15,17,26-28,37,39,42,50H,3,6-7,12,16,18-25,29H2,1H3,(H,46,51,52);1,3-4,7-10,12-14,16-17,19,25,27,29H,2,5-6,11,15,18H2;8-9,13,19H,2-7,10H2,1H3,(H,20,23,24)/t37-,39?,42+;25-,27+;/m11./s1. The molecule has 16 rings (SSSR count). The molecule has 0 radical (unpaired) electrons. The van der Waals surface area contributed by atoms with Gasteiger partial charge in [0.15, 0.2) is 0 Å². The highest BCUT2D eigenvalue weighted by Crippen LogP contribution is 2.50. The summed E-state index contributed by atoms with van der Waals surface area (Å²) in [6.07, 6.45) is 11.7. The molecule has 0 spiro atoms. The van der Waals surface area contributed by atoms with Gasteiger partial charge in [-0.1, -0.05) is 97.1 Å². The van der Waals surface area contributed by atoms with Crippen molar-refractivity contribution in [3.63, 3.8) is 0 Å². The maximum Gasteiger partial charge on any atom is 0.258 e. The predicted molar refractivity (Wildman–Crippen MR) is 424 cm³/mol. The number of benzene rings is 8. The molecule has 4 saturated heterocycles. The smallest absolute Gasteiger partial charge is 0.258 e. The highest BCUT2D eigenvalue weighted by atomic mass is 16.5. The number of phenols is 2. The van der Waals surface area contributed by atoms with Crippen molar-refractivity contribution in [3.05, 3.63) is 237 Å². The number of carbonyl (C=O) groups is 7. The van der Waals surface area contributed by atoms with Crippen LogP contribution >= 0.6 is 0 Å². The summed E-state index contributed by atoms with van der Waals surface area (Å²) in [4.78, 5) is 94.8. The molecule has 2 aliphatic carbocycles. The zero-order chi connectivity index (χ0) is 76.9. The minimum atomic E-state index is -0.649. The molecule has 6 atom stereocenters. The van der Waals surface area contributed by atoms with E-state index in [1.165, 1.54) is 44.5 Å². The zero-order valence-electron chi connectivity index (χ0n) is 63.4. The van der Waals surface area contributed by atoms with Crippen molar-refractivity contribution in [2.75, 3.05) is 96.1 Å². The van der Waals surface area contributed by atoms with E-state index >= 15 is 0 Å². The van der Waals surface area contributed by atoms with Crippen LogP contribution in [0.2, 0.25) is 0 Å². The molecule has 0 aromatic heterocycles. The summed E-state index contributed by atoms with van der Waals surface area (Å²) >= 11 is 0. The van der Waals surface area contributed by atoms with E-state index in [2.05, 4.69) is 146 Å². The first-order valence-corrected chi connectivity index (χ1v) is 39.5. The first-order valence-electron chi connectivity index (χ1n) is 39.5. The lowest BCUT2D eigenvalue weighted by atomic mass is 9.69. The van der Waals surface area contributed by atoms with Crippen LogP contribution < -0.4 is 44.7 Å². The number of aromatic hydroxyl groups is 2. The van der Waals surface area contributed by atoms with E-state index in [1.807, 2.05) is 48.5 Å². The van der Waals surface area contributed by atoms with Gasteiger partial charge in [0.2, 0.25) is 23.6 Å². The van der Waals surface area contributed by atoms with Gasteiger partial charge in [-0.15, -0.1) is 0 Å². The normalized spacial score (nSPS) is 20.8. The summed E-state index contributed by atoms with van der Waals surface area (Å²) < 4.78 is 23.2. The van der Waals surface area contributed by atoms with Crippen LogP contribution in [0, 0.1) is 0 Å². The third-order valence-electron chi connectivity index (χ3n) is 23.3. The Morgan fingerprint density at radius 1 is 0.450 bits per heavy atom. The number of imide groups is 2. The Kier molecular flexibility index (Phi) is 24.7. The summed E-state index contributed by atoms with van der Waals surface area (Å²) in [6.45, 7) is 10.4. The van der Waals surface area contributed by atoms with Crippen LogP contribution in [0.5, 0.6) is 34.5 Å². The number of rotatable bonds is 23. The number of ether oxygens (including phenoxy) is 4. The predicted octanol–water partition coefficient (Wildman–Crippen LogP) is 12.3. The Morgan fingerprint density at radius 3 is 1.34 bits per heavy atom. The van der Waals surface area contributed by atoms with Gasteiger partial charge >= 0.3 is 0 Å². The van der Waals surface area contributed by atoms with Crippen molar-refractivity contribution in [3.8, 4) is 34.5 Å². The number of phenolic OH excluding ortho intramolecular Hbond substituents is 2. The van der Waals surface area contributed by atoms with Crippen LogP contribution in [0.4, 0.5) is 11.4 Å². The van der Waals surface area contributed by atoms with Gasteiger partial charge in [-0.25, -0.2) is 0 Å². The van der Waals surface area contributed by atoms with Crippen molar-refractivity contribution >= 4 is 53.1 Å². The zero-order valence-corrected chi connectivity index (χ0v) is 63.4. The number of hydrogen-bond acceptors (Lipinski definition) is 17. The Balaban J connectivity index is 0.000000153. The van der Waals surface area contributed by atoms with Gasteiger partial charge in [0.1, 0.15) is 52.9 Å². The summed E-state index contributed by atoms with van der Waals surface area (Å²) in [5.74, 6) is 2.93. The molecule has 8 aromatic carbocycles. The first kappa shape index (κ1) is 76.7. The topological polar surface area (TPSA) is 249 Å². The van der Waals surface area contributed by atoms with Crippen LogP contribution in [-0.4, -0.2) is 165 Å². The van der Waals surface area contributed by atoms with E-state index in [1.54, 1.807) is 30.1 Å². The van der Waals surface area contributed by atoms with E-state index < -0.39 is 23.9 Å². The molecule has 0 saturated carbocycles. The summed E-state index contributed by atoms with van der Waals surface area (Å²) in [5.41, 5.74) is 15.1. The van der Waals surface area contributed by atoms with E-state index in [9.17, 15) is 43.8 Å².